The second kappa shape index (κ2) is 4.81. The van der Waals surface area contributed by atoms with Crippen LogP contribution in [0.5, 0.6) is 5.75 Å². The second-order valence-corrected chi connectivity index (χ2v) is 4.69. The number of hydrogen-bond acceptors (Lipinski definition) is 3. The third kappa shape index (κ3) is 1.95. The summed E-state index contributed by atoms with van der Waals surface area (Å²) in [5.74, 6) is 0.263. The first kappa shape index (κ1) is 12.4. The standard InChI is InChI=1S/C16H15N3O/c1-11-15(13-5-3-4-6-14(13)20)16(19(2)18-11)12-7-9-17-10-8-12/h3-10,20H,1-2H3. The summed E-state index contributed by atoms with van der Waals surface area (Å²) < 4.78 is 1.84. The first-order valence-electron chi connectivity index (χ1n) is 6.41. The fraction of sp³-hybridized carbons (Fsp3) is 0.125. The Morgan fingerprint density at radius 2 is 1.75 bits per heavy atom. The van der Waals surface area contributed by atoms with E-state index < -0.39 is 0 Å². The summed E-state index contributed by atoms with van der Waals surface area (Å²) in [6, 6.07) is 11.2. The molecule has 0 aliphatic carbocycles. The van der Waals surface area contributed by atoms with Crippen LogP contribution in [-0.4, -0.2) is 19.9 Å². The van der Waals surface area contributed by atoms with Crippen LogP contribution < -0.4 is 0 Å². The van der Waals surface area contributed by atoms with Crippen LogP contribution in [0.1, 0.15) is 5.69 Å². The van der Waals surface area contributed by atoms with Crippen molar-refractivity contribution in [1.29, 1.82) is 0 Å². The lowest BCUT2D eigenvalue weighted by Gasteiger charge is -2.08. The second-order valence-electron chi connectivity index (χ2n) is 4.69. The lowest BCUT2D eigenvalue weighted by atomic mass is 9.99. The van der Waals surface area contributed by atoms with Crippen LogP contribution in [0.2, 0.25) is 0 Å². The number of benzene rings is 1. The highest BCUT2D eigenvalue weighted by molar-refractivity contribution is 5.85. The Morgan fingerprint density at radius 3 is 2.45 bits per heavy atom. The van der Waals surface area contributed by atoms with Crippen molar-refractivity contribution in [3.63, 3.8) is 0 Å². The van der Waals surface area contributed by atoms with Crippen molar-refractivity contribution >= 4 is 0 Å². The summed E-state index contributed by atoms with van der Waals surface area (Å²) in [5.41, 5.74) is 4.65. The van der Waals surface area contributed by atoms with E-state index in [9.17, 15) is 5.11 Å². The molecule has 0 aliphatic heterocycles. The maximum atomic E-state index is 10.1. The summed E-state index contributed by atoms with van der Waals surface area (Å²) in [5, 5.41) is 14.6. The maximum Gasteiger partial charge on any atom is 0.123 e. The highest BCUT2D eigenvalue weighted by Gasteiger charge is 2.18. The van der Waals surface area contributed by atoms with E-state index in [1.54, 1.807) is 18.5 Å². The van der Waals surface area contributed by atoms with Gasteiger partial charge in [0.15, 0.2) is 0 Å². The highest BCUT2D eigenvalue weighted by Crippen LogP contribution is 2.38. The zero-order chi connectivity index (χ0) is 14.1. The van der Waals surface area contributed by atoms with E-state index >= 15 is 0 Å². The van der Waals surface area contributed by atoms with Crippen LogP contribution in [0.3, 0.4) is 0 Å². The number of para-hydroxylation sites is 1. The number of hydrogen-bond donors (Lipinski definition) is 1. The van der Waals surface area contributed by atoms with Crippen LogP contribution in [0.15, 0.2) is 48.8 Å². The van der Waals surface area contributed by atoms with Crippen LogP contribution in [-0.2, 0) is 7.05 Å². The van der Waals surface area contributed by atoms with Crippen molar-refractivity contribution in [3.05, 3.63) is 54.5 Å². The van der Waals surface area contributed by atoms with Gasteiger partial charge >= 0.3 is 0 Å². The van der Waals surface area contributed by atoms with E-state index in [0.29, 0.717) is 0 Å². The van der Waals surface area contributed by atoms with E-state index in [1.165, 1.54) is 0 Å². The first-order valence-corrected chi connectivity index (χ1v) is 6.41. The van der Waals surface area contributed by atoms with Gasteiger partial charge in [0, 0.05) is 36.1 Å². The van der Waals surface area contributed by atoms with Crippen LogP contribution in [0.25, 0.3) is 22.4 Å². The molecule has 0 radical (unpaired) electrons. The van der Waals surface area contributed by atoms with Crippen LogP contribution in [0.4, 0.5) is 0 Å². The van der Waals surface area contributed by atoms with Gasteiger partial charge in [0.25, 0.3) is 0 Å². The summed E-state index contributed by atoms with van der Waals surface area (Å²) in [4.78, 5) is 4.05. The largest absolute Gasteiger partial charge is 0.507 e. The van der Waals surface area contributed by atoms with Crippen LogP contribution >= 0.6 is 0 Å². The molecule has 20 heavy (non-hydrogen) atoms. The molecular weight excluding hydrogens is 250 g/mol. The fourth-order valence-corrected chi connectivity index (χ4v) is 2.51. The number of phenolic OH excluding ortho intramolecular Hbond substituents is 1. The molecule has 2 heterocycles. The van der Waals surface area contributed by atoms with Gasteiger partial charge in [-0.2, -0.15) is 5.10 Å². The Kier molecular flexibility index (Phi) is 2.99. The van der Waals surface area contributed by atoms with Gasteiger partial charge in [-0.05, 0) is 25.1 Å². The van der Waals surface area contributed by atoms with Gasteiger partial charge in [0.1, 0.15) is 5.75 Å². The van der Waals surface area contributed by atoms with Gasteiger partial charge in [-0.25, -0.2) is 0 Å². The van der Waals surface area contributed by atoms with Crippen molar-refractivity contribution in [3.8, 4) is 28.1 Å². The fourth-order valence-electron chi connectivity index (χ4n) is 2.51. The summed E-state index contributed by atoms with van der Waals surface area (Å²) in [6.45, 7) is 1.95. The van der Waals surface area contributed by atoms with E-state index in [0.717, 1.165) is 28.1 Å². The molecule has 0 saturated carbocycles. The average Bonchev–Trinajstić information content (AvgIpc) is 2.75. The Bertz CT molecular complexity index is 748. The van der Waals surface area contributed by atoms with Gasteiger partial charge in [0.05, 0.1) is 11.4 Å². The van der Waals surface area contributed by atoms with E-state index in [2.05, 4.69) is 10.1 Å². The minimum atomic E-state index is 0.263. The Labute approximate surface area is 117 Å². The number of phenols is 1. The van der Waals surface area contributed by atoms with Crippen molar-refractivity contribution in [2.45, 2.75) is 6.92 Å². The van der Waals surface area contributed by atoms with Gasteiger partial charge in [-0.1, -0.05) is 18.2 Å². The highest BCUT2D eigenvalue weighted by atomic mass is 16.3. The van der Waals surface area contributed by atoms with Crippen molar-refractivity contribution in [2.24, 2.45) is 7.05 Å². The molecule has 2 aromatic heterocycles. The zero-order valence-corrected chi connectivity index (χ0v) is 11.4. The minimum absolute atomic E-state index is 0.263. The third-order valence-electron chi connectivity index (χ3n) is 3.35. The molecule has 0 aliphatic rings. The lowest BCUT2D eigenvalue weighted by Crippen LogP contribution is -1.94. The van der Waals surface area contributed by atoms with Gasteiger partial charge < -0.3 is 5.11 Å². The minimum Gasteiger partial charge on any atom is -0.507 e. The predicted molar refractivity (Wildman–Crippen MR) is 78.3 cm³/mol. The number of pyridine rings is 1. The molecule has 0 spiro atoms. The van der Waals surface area contributed by atoms with Gasteiger partial charge in [0.2, 0.25) is 0 Å². The number of aryl methyl sites for hydroxylation is 2. The molecule has 0 unspecified atom stereocenters. The maximum absolute atomic E-state index is 10.1. The van der Waals surface area contributed by atoms with Crippen LogP contribution in [0, 0.1) is 6.92 Å². The Hall–Kier alpha value is -2.62. The SMILES string of the molecule is Cc1nn(C)c(-c2ccncc2)c1-c1ccccc1O. The topological polar surface area (TPSA) is 50.9 Å². The number of aromatic hydroxyl groups is 1. The number of nitrogens with zero attached hydrogens (tertiary/aromatic N) is 3. The molecule has 0 amide bonds. The van der Waals surface area contributed by atoms with Crippen molar-refractivity contribution < 1.29 is 5.11 Å². The Balaban J connectivity index is 2.30. The summed E-state index contributed by atoms with van der Waals surface area (Å²) in [6.07, 6.45) is 3.51. The quantitative estimate of drug-likeness (QED) is 0.774. The number of aromatic nitrogens is 3. The molecule has 0 bridgehead atoms. The molecule has 100 valence electrons. The molecule has 1 N–H and O–H groups in total. The zero-order valence-electron chi connectivity index (χ0n) is 11.4. The molecule has 0 saturated heterocycles. The first-order chi connectivity index (χ1) is 9.68. The number of rotatable bonds is 2. The average molecular weight is 265 g/mol. The smallest absolute Gasteiger partial charge is 0.123 e. The van der Waals surface area contributed by atoms with E-state index in [1.807, 2.05) is 49.0 Å². The summed E-state index contributed by atoms with van der Waals surface area (Å²) >= 11 is 0. The molecule has 3 rings (SSSR count). The molecule has 0 atom stereocenters. The predicted octanol–water partition coefficient (Wildman–Crippen LogP) is 3.16. The molecule has 0 fully saturated rings. The molecule has 4 nitrogen and oxygen atoms in total. The molecule has 3 aromatic rings. The molecule has 4 heteroatoms. The lowest BCUT2D eigenvalue weighted by molar-refractivity contribution is 0.477. The van der Waals surface area contributed by atoms with E-state index in [4.69, 9.17) is 0 Å². The monoisotopic (exact) mass is 265 g/mol. The molecular formula is C16H15N3O. The van der Waals surface area contributed by atoms with Crippen molar-refractivity contribution in [1.82, 2.24) is 14.8 Å². The normalized spacial score (nSPS) is 10.7. The molecule has 1 aromatic carbocycles. The van der Waals surface area contributed by atoms with E-state index in [-0.39, 0.29) is 5.75 Å². The van der Waals surface area contributed by atoms with Crippen molar-refractivity contribution in [2.75, 3.05) is 0 Å². The Morgan fingerprint density at radius 1 is 1.05 bits per heavy atom. The summed E-state index contributed by atoms with van der Waals surface area (Å²) in [7, 11) is 1.91. The van der Waals surface area contributed by atoms with Gasteiger partial charge in [-0.15, -0.1) is 0 Å². The van der Waals surface area contributed by atoms with Gasteiger partial charge in [-0.3, -0.25) is 9.67 Å². The third-order valence-corrected chi connectivity index (χ3v) is 3.35.